The number of hydrogen-bond donors (Lipinski definition) is 1. The van der Waals surface area contributed by atoms with Crippen molar-refractivity contribution in [3.63, 3.8) is 0 Å². The summed E-state index contributed by atoms with van der Waals surface area (Å²) in [7, 11) is 0. The fraction of sp³-hybridized carbons (Fsp3) is 0.591. The molecule has 1 aliphatic carbocycles. The highest BCUT2D eigenvalue weighted by atomic mass is 16.5. The minimum atomic E-state index is -0.471. The van der Waals surface area contributed by atoms with Crippen molar-refractivity contribution in [1.29, 1.82) is 0 Å². The molecule has 0 heterocycles. The van der Waals surface area contributed by atoms with E-state index in [9.17, 15) is 9.90 Å². The third-order valence-electron chi connectivity index (χ3n) is 4.96. The first-order chi connectivity index (χ1) is 11.7. The summed E-state index contributed by atoms with van der Waals surface area (Å²) in [6.45, 7) is 12.7. The standard InChI is InChI=1S/C22H34O3/c1-7-25-21(24)14-16(2)10-8-11-18(4)20(23)15-19-17(3)12-9-13-22(19,5)6/h8,10-11,14,20,23H,7,9,12-13,15H2,1-6H3. The zero-order chi connectivity index (χ0) is 19.0. The van der Waals surface area contributed by atoms with E-state index in [4.69, 9.17) is 4.74 Å². The van der Waals surface area contributed by atoms with Gasteiger partial charge in [-0.1, -0.05) is 43.2 Å². The second-order valence-corrected chi connectivity index (χ2v) is 7.63. The molecular formula is C22H34O3. The molecule has 0 fully saturated rings. The summed E-state index contributed by atoms with van der Waals surface area (Å²) in [5.41, 5.74) is 4.78. The van der Waals surface area contributed by atoms with E-state index in [-0.39, 0.29) is 11.4 Å². The summed E-state index contributed by atoms with van der Waals surface area (Å²) in [6.07, 6.45) is 10.9. The quantitative estimate of drug-likeness (QED) is 0.295. The summed E-state index contributed by atoms with van der Waals surface area (Å²) in [5.74, 6) is -0.327. The van der Waals surface area contributed by atoms with Crippen LogP contribution in [0.5, 0.6) is 0 Å². The molecule has 1 rings (SSSR count). The van der Waals surface area contributed by atoms with Crippen molar-refractivity contribution in [1.82, 2.24) is 0 Å². The summed E-state index contributed by atoms with van der Waals surface area (Å²) in [5, 5.41) is 10.6. The highest BCUT2D eigenvalue weighted by Crippen LogP contribution is 2.42. The third kappa shape index (κ3) is 7.03. The van der Waals surface area contributed by atoms with Gasteiger partial charge in [0.05, 0.1) is 12.7 Å². The molecule has 0 bridgehead atoms. The van der Waals surface area contributed by atoms with Crippen molar-refractivity contribution in [2.24, 2.45) is 5.41 Å². The van der Waals surface area contributed by atoms with Crippen molar-refractivity contribution >= 4 is 5.97 Å². The molecule has 1 unspecified atom stereocenters. The Kier molecular flexibility index (Phi) is 8.37. The second-order valence-electron chi connectivity index (χ2n) is 7.63. The molecule has 0 aromatic rings. The van der Waals surface area contributed by atoms with Crippen LogP contribution in [0.2, 0.25) is 0 Å². The highest BCUT2D eigenvalue weighted by molar-refractivity contribution is 5.83. The Morgan fingerprint density at radius 2 is 2.04 bits per heavy atom. The van der Waals surface area contributed by atoms with E-state index in [1.807, 2.05) is 32.1 Å². The molecule has 1 atom stereocenters. The lowest BCUT2D eigenvalue weighted by atomic mass is 9.70. The SMILES string of the molecule is CCOC(=O)C=C(C)C=CC=C(C)C(O)CC1=C(C)CCCC1(C)C. The van der Waals surface area contributed by atoms with Crippen LogP contribution >= 0.6 is 0 Å². The molecule has 1 N–H and O–H groups in total. The van der Waals surface area contributed by atoms with Gasteiger partial charge in [-0.2, -0.15) is 0 Å². The number of carbonyl (C=O) groups is 1. The van der Waals surface area contributed by atoms with Gasteiger partial charge in [0.1, 0.15) is 0 Å². The van der Waals surface area contributed by atoms with Gasteiger partial charge in [0, 0.05) is 6.08 Å². The summed E-state index contributed by atoms with van der Waals surface area (Å²) < 4.78 is 4.88. The van der Waals surface area contributed by atoms with Crippen molar-refractivity contribution < 1.29 is 14.6 Å². The van der Waals surface area contributed by atoms with Crippen LogP contribution in [0.3, 0.4) is 0 Å². The van der Waals surface area contributed by atoms with Gasteiger partial charge < -0.3 is 9.84 Å². The number of aliphatic hydroxyl groups is 1. The largest absolute Gasteiger partial charge is 0.463 e. The Bertz CT molecular complexity index is 588. The van der Waals surface area contributed by atoms with Gasteiger partial charge in [-0.05, 0) is 69.9 Å². The van der Waals surface area contributed by atoms with Crippen LogP contribution in [-0.4, -0.2) is 23.8 Å². The minimum absolute atomic E-state index is 0.179. The average Bonchev–Trinajstić information content (AvgIpc) is 2.50. The van der Waals surface area contributed by atoms with Gasteiger partial charge in [0.15, 0.2) is 0 Å². The van der Waals surface area contributed by atoms with Crippen molar-refractivity contribution in [3.8, 4) is 0 Å². The van der Waals surface area contributed by atoms with Crippen molar-refractivity contribution in [3.05, 3.63) is 46.6 Å². The maximum absolute atomic E-state index is 11.4. The zero-order valence-electron chi connectivity index (χ0n) is 16.7. The van der Waals surface area contributed by atoms with Crippen molar-refractivity contribution in [2.45, 2.75) is 73.3 Å². The Labute approximate surface area is 153 Å². The van der Waals surface area contributed by atoms with Gasteiger partial charge in [0.25, 0.3) is 0 Å². The number of carbonyl (C=O) groups excluding carboxylic acids is 1. The van der Waals surface area contributed by atoms with Gasteiger partial charge in [-0.25, -0.2) is 4.79 Å². The normalized spacial score (nSPS) is 20.1. The number of hydrogen-bond acceptors (Lipinski definition) is 3. The molecule has 0 saturated carbocycles. The van der Waals surface area contributed by atoms with Crippen LogP contribution in [0.15, 0.2) is 46.6 Å². The monoisotopic (exact) mass is 346 g/mol. The molecule has 0 radical (unpaired) electrons. The Hall–Kier alpha value is -1.61. The van der Waals surface area contributed by atoms with Gasteiger partial charge in [-0.3, -0.25) is 0 Å². The number of rotatable bonds is 7. The fourth-order valence-corrected chi connectivity index (χ4v) is 3.36. The van der Waals surface area contributed by atoms with Crippen LogP contribution in [0.4, 0.5) is 0 Å². The molecule has 25 heavy (non-hydrogen) atoms. The summed E-state index contributed by atoms with van der Waals surface area (Å²) in [4.78, 5) is 11.4. The van der Waals surface area contributed by atoms with Crippen molar-refractivity contribution in [2.75, 3.05) is 6.61 Å². The van der Waals surface area contributed by atoms with Crippen LogP contribution in [0.1, 0.15) is 67.2 Å². The maximum atomic E-state index is 11.4. The van der Waals surface area contributed by atoms with E-state index in [0.717, 1.165) is 17.6 Å². The lowest BCUT2D eigenvalue weighted by Crippen LogP contribution is -2.24. The molecule has 0 aromatic carbocycles. The second kappa shape index (κ2) is 9.76. The Morgan fingerprint density at radius 1 is 1.36 bits per heavy atom. The first-order valence-corrected chi connectivity index (χ1v) is 9.24. The smallest absolute Gasteiger partial charge is 0.330 e. The molecule has 0 aliphatic heterocycles. The summed E-state index contributed by atoms with van der Waals surface area (Å²) >= 11 is 0. The molecule has 0 spiro atoms. The predicted octanol–water partition coefficient (Wildman–Crippen LogP) is 5.28. The third-order valence-corrected chi connectivity index (χ3v) is 4.96. The van der Waals surface area contributed by atoms with E-state index in [2.05, 4.69) is 20.8 Å². The lowest BCUT2D eigenvalue weighted by Gasteiger charge is -2.35. The van der Waals surface area contributed by atoms with E-state index in [1.165, 1.54) is 30.1 Å². The molecule has 1 aliphatic rings. The minimum Gasteiger partial charge on any atom is -0.463 e. The maximum Gasteiger partial charge on any atom is 0.330 e. The number of esters is 1. The first kappa shape index (κ1) is 21.4. The number of allylic oxidation sites excluding steroid dienone is 5. The van der Waals surface area contributed by atoms with Crippen LogP contribution in [-0.2, 0) is 9.53 Å². The van der Waals surface area contributed by atoms with Crippen LogP contribution in [0, 0.1) is 5.41 Å². The molecule has 0 aromatic heterocycles. The fourth-order valence-electron chi connectivity index (χ4n) is 3.36. The molecular weight excluding hydrogens is 312 g/mol. The number of aliphatic hydroxyl groups excluding tert-OH is 1. The topological polar surface area (TPSA) is 46.5 Å². The molecule has 0 saturated heterocycles. The van der Waals surface area contributed by atoms with E-state index >= 15 is 0 Å². The van der Waals surface area contributed by atoms with Crippen LogP contribution in [0.25, 0.3) is 0 Å². The zero-order valence-corrected chi connectivity index (χ0v) is 16.7. The predicted molar refractivity (Wildman–Crippen MR) is 104 cm³/mol. The Balaban J connectivity index is 2.72. The molecule has 0 amide bonds. The van der Waals surface area contributed by atoms with E-state index in [1.54, 1.807) is 6.92 Å². The van der Waals surface area contributed by atoms with Gasteiger partial charge in [0.2, 0.25) is 0 Å². The first-order valence-electron chi connectivity index (χ1n) is 9.24. The molecule has 3 nitrogen and oxygen atoms in total. The summed E-state index contributed by atoms with van der Waals surface area (Å²) in [6, 6.07) is 0. The highest BCUT2D eigenvalue weighted by Gasteiger charge is 2.29. The molecule has 3 heteroatoms. The average molecular weight is 347 g/mol. The van der Waals surface area contributed by atoms with E-state index in [0.29, 0.717) is 13.0 Å². The van der Waals surface area contributed by atoms with Gasteiger partial charge >= 0.3 is 5.97 Å². The Morgan fingerprint density at radius 3 is 2.64 bits per heavy atom. The molecule has 140 valence electrons. The lowest BCUT2D eigenvalue weighted by molar-refractivity contribution is -0.137. The number of ether oxygens (including phenoxy) is 1. The van der Waals surface area contributed by atoms with Gasteiger partial charge in [-0.15, -0.1) is 0 Å². The van der Waals surface area contributed by atoms with Crippen LogP contribution < -0.4 is 0 Å². The van der Waals surface area contributed by atoms with E-state index < -0.39 is 6.10 Å².